The van der Waals surface area contributed by atoms with Gasteiger partial charge in [-0.1, -0.05) is 62.2 Å². The van der Waals surface area contributed by atoms with E-state index in [0.29, 0.717) is 12.5 Å². The first kappa shape index (κ1) is 28.4. The average Bonchev–Trinajstić information content (AvgIpc) is 3.27. The van der Waals surface area contributed by atoms with Crippen LogP contribution in [0.3, 0.4) is 0 Å². The highest BCUT2D eigenvalue weighted by atomic mass is 16.5. The van der Waals surface area contributed by atoms with Crippen molar-refractivity contribution in [2.24, 2.45) is 0 Å². The summed E-state index contributed by atoms with van der Waals surface area (Å²) in [6, 6.07) is 22.7. The lowest BCUT2D eigenvalue weighted by Crippen LogP contribution is -2.24. The highest BCUT2D eigenvalue weighted by molar-refractivity contribution is 5.94. The van der Waals surface area contributed by atoms with Gasteiger partial charge in [-0.2, -0.15) is 0 Å². The lowest BCUT2D eigenvalue weighted by atomic mass is 10.0. The van der Waals surface area contributed by atoms with Crippen LogP contribution in [0.1, 0.15) is 84.7 Å². The minimum atomic E-state index is 0.00676. The molecule has 1 amide bonds. The van der Waals surface area contributed by atoms with Gasteiger partial charge in [-0.3, -0.25) is 4.79 Å². The third kappa shape index (κ3) is 7.95. The van der Waals surface area contributed by atoms with E-state index in [2.05, 4.69) is 73.1 Å². The first-order chi connectivity index (χ1) is 18.9. The second-order valence-electron chi connectivity index (χ2n) is 10.9. The number of ether oxygens (including phenoxy) is 1. The molecule has 0 atom stereocenters. The molecule has 0 spiro atoms. The summed E-state index contributed by atoms with van der Waals surface area (Å²) in [4.78, 5) is 17.3. The number of aromatic nitrogens is 2. The Morgan fingerprint density at radius 2 is 1.72 bits per heavy atom. The van der Waals surface area contributed by atoms with E-state index in [4.69, 9.17) is 9.72 Å². The van der Waals surface area contributed by atoms with Gasteiger partial charge in [0.15, 0.2) is 0 Å². The van der Waals surface area contributed by atoms with E-state index in [9.17, 15) is 4.79 Å². The fraction of sp³-hybridized carbons (Fsp3) is 0.412. The van der Waals surface area contributed by atoms with Gasteiger partial charge in [0.2, 0.25) is 0 Å². The number of amides is 1. The number of rotatable bonds is 14. The molecule has 3 aromatic carbocycles. The molecule has 1 aromatic heterocycles. The van der Waals surface area contributed by atoms with E-state index in [1.54, 1.807) is 0 Å². The molecule has 5 heteroatoms. The van der Waals surface area contributed by atoms with Crippen LogP contribution in [0.15, 0.2) is 66.7 Å². The van der Waals surface area contributed by atoms with Gasteiger partial charge in [0.25, 0.3) is 5.91 Å². The molecule has 0 aliphatic rings. The average molecular weight is 526 g/mol. The monoisotopic (exact) mass is 525 g/mol. The Morgan fingerprint density at radius 1 is 0.897 bits per heavy atom. The van der Waals surface area contributed by atoms with Crippen molar-refractivity contribution in [3.8, 4) is 5.75 Å². The summed E-state index contributed by atoms with van der Waals surface area (Å²) < 4.78 is 8.60. The number of benzene rings is 3. The number of unbranched alkanes of at least 4 members (excludes halogenated alkanes) is 3. The predicted octanol–water partition coefficient (Wildman–Crippen LogP) is 7.78. The van der Waals surface area contributed by atoms with Gasteiger partial charge in [-0.05, 0) is 86.9 Å². The van der Waals surface area contributed by atoms with Gasteiger partial charge >= 0.3 is 0 Å². The van der Waals surface area contributed by atoms with Crippen LogP contribution < -0.4 is 10.1 Å². The van der Waals surface area contributed by atoms with Crippen LogP contribution in [0.5, 0.6) is 5.75 Å². The molecule has 4 rings (SSSR count). The second-order valence-corrected chi connectivity index (χ2v) is 10.9. The Bertz CT molecular complexity index is 1370. The van der Waals surface area contributed by atoms with Gasteiger partial charge in [-0.25, -0.2) is 4.98 Å². The number of carbonyl (C=O) groups excluding carboxylic acids is 1. The molecule has 0 aliphatic heterocycles. The van der Waals surface area contributed by atoms with Crippen molar-refractivity contribution in [2.45, 2.75) is 78.7 Å². The van der Waals surface area contributed by atoms with Crippen LogP contribution in [0.2, 0.25) is 0 Å². The number of fused-ring (bicyclic) bond motifs is 1. The standard InChI is InChI=1S/C34H43N3O2/c1-25(2)29-19-18-27(4)24-32(29)39-22-11-10-21-37-31-16-8-7-15-30(31)36-33(37)17-6-5-9-20-35-34(38)28-14-12-13-26(3)23-28/h7-8,12-16,18-19,23-25H,5-6,9-11,17,20-22H2,1-4H3,(H,35,38). The molecule has 0 fully saturated rings. The zero-order chi connectivity index (χ0) is 27.6. The van der Waals surface area contributed by atoms with E-state index in [1.807, 2.05) is 31.2 Å². The van der Waals surface area contributed by atoms with Crippen LogP contribution in [-0.4, -0.2) is 28.6 Å². The van der Waals surface area contributed by atoms with Crippen molar-refractivity contribution in [1.82, 2.24) is 14.9 Å². The van der Waals surface area contributed by atoms with Crippen molar-refractivity contribution < 1.29 is 9.53 Å². The molecule has 1 N–H and O–H groups in total. The van der Waals surface area contributed by atoms with E-state index in [-0.39, 0.29) is 5.91 Å². The normalized spacial score (nSPS) is 11.3. The van der Waals surface area contributed by atoms with E-state index in [1.165, 1.54) is 16.6 Å². The van der Waals surface area contributed by atoms with Crippen LogP contribution >= 0.6 is 0 Å². The maximum atomic E-state index is 12.4. The van der Waals surface area contributed by atoms with Crippen molar-refractivity contribution in [2.75, 3.05) is 13.2 Å². The zero-order valence-electron chi connectivity index (χ0n) is 24.0. The number of hydrogen-bond acceptors (Lipinski definition) is 3. The number of nitrogens with one attached hydrogen (secondary N) is 1. The summed E-state index contributed by atoms with van der Waals surface area (Å²) in [5.41, 5.74) is 6.61. The molecule has 0 bridgehead atoms. The first-order valence-electron chi connectivity index (χ1n) is 14.4. The number of aryl methyl sites for hydroxylation is 4. The highest BCUT2D eigenvalue weighted by Gasteiger charge is 2.11. The lowest BCUT2D eigenvalue weighted by Gasteiger charge is -2.15. The van der Waals surface area contributed by atoms with Crippen molar-refractivity contribution in [3.05, 3.63) is 94.8 Å². The highest BCUT2D eigenvalue weighted by Crippen LogP contribution is 2.28. The molecule has 0 saturated carbocycles. The number of imidazole rings is 1. The fourth-order valence-electron chi connectivity index (χ4n) is 5.04. The van der Waals surface area contributed by atoms with Crippen molar-refractivity contribution in [1.29, 1.82) is 0 Å². The molecule has 0 saturated heterocycles. The van der Waals surface area contributed by atoms with E-state index >= 15 is 0 Å². The molecule has 1 heterocycles. The van der Waals surface area contributed by atoms with Gasteiger partial charge in [0, 0.05) is 25.1 Å². The first-order valence-corrected chi connectivity index (χ1v) is 14.4. The Balaban J connectivity index is 1.24. The molecule has 0 radical (unpaired) electrons. The van der Waals surface area contributed by atoms with Crippen LogP contribution in [0.4, 0.5) is 0 Å². The fourth-order valence-corrected chi connectivity index (χ4v) is 5.04. The zero-order valence-corrected chi connectivity index (χ0v) is 24.0. The molecule has 206 valence electrons. The number of carbonyl (C=O) groups is 1. The molecule has 0 aliphatic carbocycles. The van der Waals surface area contributed by atoms with Gasteiger partial charge in [0.1, 0.15) is 11.6 Å². The summed E-state index contributed by atoms with van der Waals surface area (Å²) in [5, 5.41) is 3.05. The van der Waals surface area contributed by atoms with Gasteiger partial charge in [0.05, 0.1) is 17.6 Å². The summed E-state index contributed by atoms with van der Waals surface area (Å²) in [6.07, 6.45) is 6.06. The van der Waals surface area contributed by atoms with E-state index in [0.717, 1.165) is 79.9 Å². The summed E-state index contributed by atoms with van der Waals surface area (Å²) >= 11 is 0. The second kappa shape index (κ2) is 14.0. The summed E-state index contributed by atoms with van der Waals surface area (Å²) in [5.74, 6) is 2.63. The van der Waals surface area contributed by atoms with Crippen LogP contribution in [0.25, 0.3) is 11.0 Å². The summed E-state index contributed by atoms with van der Waals surface area (Å²) in [7, 11) is 0. The topological polar surface area (TPSA) is 56.2 Å². The molecule has 0 unspecified atom stereocenters. The van der Waals surface area contributed by atoms with Gasteiger partial charge < -0.3 is 14.6 Å². The molecule has 39 heavy (non-hydrogen) atoms. The number of para-hydroxylation sites is 2. The maximum absolute atomic E-state index is 12.4. The maximum Gasteiger partial charge on any atom is 0.251 e. The Kier molecular flexibility index (Phi) is 10.2. The third-order valence-electron chi connectivity index (χ3n) is 7.20. The Hall–Kier alpha value is -3.60. The largest absolute Gasteiger partial charge is 0.493 e. The SMILES string of the molecule is Cc1cccc(C(=O)NCCCCCc2nc3ccccc3n2CCCCOc2cc(C)ccc2C(C)C)c1. The number of hydrogen-bond donors (Lipinski definition) is 1. The van der Waals surface area contributed by atoms with Crippen molar-refractivity contribution in [3.63, 3.8) is 0 Å². The van der Waals surface area contributed by atoms with Crippen LogP contribution in [-0.2, 0) is 13.0 Å². The van der Waals surface area contributed by atoms with Crippen LogP contribution in [0, 0.1) is 13.8 Å². The van der Waals surface area contributed by atoms with E-state index < -0.39 is 0 Å². The Morgan fingerprint density at radius 3 is 2.54 bits per heavy atom. The Labute approximate surface area is 233 Å². The predicted molar refractivity (Wildman–Crippen MR) is 161 cm³/mol. The van der Waals surface area contributed by atoms with Gasteiger partial charge in [-0.15, -0.1) is 0 Å². The molecular formula is C34H43N3O2. The molecule has 4 aromatic rings. The molecular weight excluding hydrogens is 482 g/mol. The smallest absolute Gasteiger partial charge is 0.251 e. The molecule has 5 nitrogen and oxygen atoms in total. The third-order valence-corrected chi connectivity index (χ3v) is 7.20. The lowest BCUT2D eigenvalue weighted by molar-refractivity contribution is 0.0953. The summed E-state index contributed by atoms with van der Waals surface area (Å²) in [6.45, 7) is 10.9. The number of nitrogens with zero attached hydrogens (tertiary/aromatic N) is 2. The minimum absolute atomic E-state index is 0.00676. The minimum Gasteiger partial charge on any atom is -0.493 e. The quantitative estimate of drug-likeness (QED) is 0.171. The van der Waals surface area contributed by atoms with Crippen molar-refractivity contribution >= 4 is 16.9 Å².